The van der Waals surface area contributed by atoms with Gasteiger partial charge in [0.2, 0.25) is 5.88 Å². The third-order valence-corrected chi connectivity index (χ3v) is 2.79. The Morgan fingerprint density at radius 3 is 2.53 bits per heavy atom. The first-order chi connectivity index (χ1) is 9.02. The highest BCUT2D eigenvalue weighted by Gasteiger charge is 2.07. The van der Waals surface area contributed by atoms with Gasteiger partial charge in [-0.25, -0.2) is 4.98 Å². The molecule has 0 spiro atoms. The quantitative estimate of drug-likeness (QED) is 0.726. The molecule has 0 aliphatic heterocycles. The van der Waals surface area contributed by atoms with Crippen molar-refractivity contribution in [2.45, 2.75) is 53.5 Å². The number of hydrogen-bond donors (Lipinski definition) is 1. The molecule has 0 fully saturated rings. The Kier molecular flexibility index (Phi) is 6.85. The van der Waals surface area contributed by atoms with E-state index in [0.29, 0.717) is 11.8 Å². The lowest BCUT2D eigenvalue weighted by Gasteiger charge is -2.13. The van der Waals surface area contributed by atoms with Crippen LogP contribution in [-0.4, -0.2) is 18.1 Å². The molecule has 108 valence electrons. The van der Waals surface area contributed by atoms with Crippen molar-refractivity contribution < 1.29 is 4.74 Å². The summed E-state index contributed by atoms with van der Waals surface area (Å²) in [5, 5.41) is 3.43. The second-order valence-electron chi connectivity index (χ2n) is 5.77. The zero-order valence-corrected chi connectivity index (χ0v) is 13.0. The molecule has 0 aliphatic rings. The number of ether oxygens (including phenoxy) is 1. The van der Waals surface area contributed by atoms with Crippen LogP contribution >= 0.6 is 0 Å². The van der Waals surface area contributed by atoms with Gasteiger partial charge in [-0.3, -0.25) is 0 Å². The minimum absolute atomic E-state index is 0.424. The van der Waals surface area contributed by atoms with E-state index in [1.54, 1.807) is 0 Å². The number of rotatable bonds is 8. The van der Waals surface area contributed by atoms with Crippen LogP contribution < -0.4 is 10.1 Å². The van der Waals surface area contributed by atoms with Gasteiger partial charge in [0.15, 0.2) is 0 Å². The van der Waals surface area contributed by atoms with Crippen LogP contribution in [0.3, 0.4) is 0 Å². The predicted molar refractivity (Wildman–Crippen MR) is 80.7 cm³/mol. The SMILES string of the molecule is CCCNCc1cc(OCC(C)C)nc(C(C)C)c1. The Balaban J connectivity index is 2.78. The largest absolute Gasteiger partial charge is 0.477 e. The average Bonchev–Trinajstić information content (AvgIpc) is 2.36. The molecule has 3 heteroatoms. The summed E-state index contributed by atoms with van der Waals surface area (Å²) in [4.78, 5) is 4.58. The molecule has 1 heterocycles. The molecule has 0 saturated heterocycles. The van der Waals surface area contributed by atoms with Crippen LogP contribution in [0.5, 0.6) is 5.88 Å². The average molecular weight is 264 g/mol. The maximum Gasteiger partial charge on any atom is 0.213 e. The molecule has 0 amide bonds. The summed E-state index contributed by atoms with van der Waals surface area (Å²) in [6, 6.07) is 4.23. The van der Waals surface area contributed by atoms with Gasteiger partial charge in [-0.05, 0) is 36.4 Å². The lowest BCUT2D eigenvalue weighted by atomic mass is 10.1. The molecule has 19 heavy (non-hydrogen) atoms. The summed E-state index contributed by atoms with van der Waals surface area (Å²) in [6.07, 6.45) is 1.15. The molecule has 0 aliphatic carbocycles. The Morgan fingerprint density at radius 2 is 1.95 bits per heavy atom. The topological polar surface area (TPSA) is 34.1 Å². The first-order valence-electron chi connectivity index (χ1n) is 7.37. The Labute approximate surface area is 117 Å². The van der Waals surface area contributed by atoms with Gasteiger partial charge in [-0.1, -0.05) is 34.6 Å². The molecule has 0 saturated carbocycles. The van der Waals surface area contributed by atoms with Crippen molar-refractivity contribution in [3.63, 3.8) is 0 Å². The minimum Gasteiger partial charge on any atom is -0.477 e. The fraction of sp³-hybridized carbons (Fsp3) is 0.688. The molecule has 0 unspecified atom stereocenters. The van der Waals surface area contributed by atoms with Crippen LogP contribution in [0.4, 0.5) is 0 Å². The number of pyridine rings is 1. The van der Waals surface area contributed by atoms with Crippen LogP contribution in [0, 0.1) is 5.92 Å². The Bertz CT molecular complexity index is 375. The molecule has 0 atom stereocenters. The van der Waals surface area contributed by atoms with Gasteiger partial charge in [-0.2, -0.15) is 0 Å². The molecular formula is C16H28N2O. The highest BCUT2D eigenvalue weighted by molar-refractivity contribution is 5.26. The summed E-state index contributed by atoms with van der Waals surface area (Å²) in [7, 11) is 0. The summed E-state index contributed by atoms with van der Waals surface area (Å²) in [5.41, 5.74) is 2.36. The molecule has 0 radical (unpaired) electrons. The van der Waals surface area contributed by atoms with Crippen LogP contribution in [-0.2, 0) is 6.54 Å². The number of hydrogen-bond acceptors (Lipinski definition) is 3. The molecule has 1 N–H and O–H groups in total. The van der Waals surface area contributed by atoms with E-state index in [4.69, 9.17) is 4.74 Å². The van der Waals surface area contributed by atoms with Crippen LogP contribution in [0.15, 0.2) is 12.1 Å². The van der Waals surface area contributed by atoms with E-state index in [0.717, 1.165) is 37.7 Å². The van der Waals surface area contributed by atoms with E-state index in [2.05, 4.69) is 57.1 Å². The van der Waals surface area contributed by atoms with Crippen molar-refractivity contribution in [1.29, 1.82) is 0 Å². The number of nitrogens with one attached hydrogen (secondary N) is 1. The summed E-state index contributed by atoms with van der Waals surface area (Å²) in [6.45, 7) is 13.4. The standard InChI is InChI=1S/C16H28N2O/c1-6-7-17-10-14-8-15(13(4)5)18-16(9-14)19-11-12(2)3/h8-9,12-13,17H,6-7,10-11H2,1-5H3. The molecule has 1 aromatic heterocycles. The van der Waals surface area contributed by atoms with Crippen LogP contribution in [0.2, 0.25) is 0 Å². The van der Waals surface area contributed by atoms with E-state index in [-0.39, 0.29) is 0 Å². The van der Waals surface area contributed by atoms with Crippen LogP contribution in [0.1, 0.15) is 58.2 Å². The fourth-order valence-electron chi connectivity index (χ4n) is 1.72. The molecule has 1 rings (SSSR count). The normalized spacial score (nSPS) is 11.3. The Hall–Kier alpha value is -1.09. The first kappa shape index (κ1) is 16.0. The van der Waals surface area contributed by atoms with Gasteiger partial charge < -0.3 is 10.1 Å². The van der Waals surface area contributed by atoms with E-state index < -0.39 is 0 Å². The second-order valence-corrected chi connectivity index (χ2v) is 5.77. The number of nitrogens with zero attached hydrogens (tertiary/aromatic N) is 1. The predicted octanol–water partition coefficient (Wildman–Crippen LogP) is 3.74. The lowest BCUT2D eigenvalue weighted by Crippen LogP contribution is -2.15. The van der Waals surface area contributed by atoms with Gasteiger partial charge in [0.05, 0.1) is 6.61 Å². The fourth-order valence-corrected chi connectivity index (χ4v) is 1.72. The maximum absolute atomic E-state index is 5.77. The zero-order valence-electron chi connectivity index (χ0n) is 13.0. The second kappa shape index (κ2) is 8.16. The number of aromatic nitrogens is 1. The van der Waals surface area contributed by atoms with Crippen molar-refractivity contribution in [2.24, 2.45) is 5.92 Å². The lowest BCUT2D eigenvalue weighted by molar-refractivity contribution is 0.260. The maximum atomic E-state index is 5.77. The highest BCUT2D eigenvalue weighted by Crippen LogP contribution is 2.19. The third kappa shape index (κ3) is 6.06. The van der Waals surface area contributed by atoms with Crippen LogP contribution in [0.25, 0.3) is 0 Å². The summed E-state index contributed by atoms with van der Waals surface area (Å²) >= 11 is 0. The summed E-state index contributed by atoms with van der Waals surface area (Å²) < 4.78 is 5.77. The smallest absolute Gasteiger partial charge is 0.213 e. The summed E-state index contributed by atoms with van der Waals surface area (Å²) in [5.74, 6) is 1.70. The van der Waals surface area contributed by atoms with Gasteiger partial charge >= 0.3 is 0 Å². The monoisotopic (exact) mass is 264 g/mol. The van der Waals surface area contributed by atoms with Gasteiger partial charge in [-0.15, -0.1) is 0 Å². The molecule has 1 aromatic rings. The van der Waals surface area contributed by atoms with Crippen molar-refractivity contribution >= 4 is 0 Å². The van der Waals surface area contributed by atoms with E-state index >= 15 is 0 Å². The van der Waals surface area contributed by atoms with E-state index in [1.165, 1.54) is 5.56 Å². The highest BCUT2D eigenvalue weighted by atomic mass is 16.5. The van der Waals surface area contributed by atoms with E-state index in [9.17, 15) is 0 Å². The zero-order chi connectivity index (χ0) is 14.3. The molecule has 0 aromatic carbocycles. The van der Waals surface area contributed by atoms with Crippen molar-refractivity contribution in [1.82, 2.24) is 10.3 Å². The minimum atomic E-state index is 0.424. The third-order valence-electron chi connectivity index (χ3n) is 2.79. The van der Waals surface area contributed by atoms with E-state index in [1.807, 2.05) is 0 Å². The van der Waals surface area contributed by atoms with Crippen molar-refractivity contribution in [3.8, 4) is 5.88 Å². The molecular weight excluding hydrogens is 236 g/mol. The van der Waals surface area contributed by atoms with Crippen molar-refractivity contribution in [3.05, 3.63) is 23.4 Å². The first-order valence-corrected chi connectivity index (χ1v) is 7.37. The molecule has 0 bridgehead atoms. The van der Waals surface area contributed by atoms with Gasteiger partial charge in [0, 0.05) is 18.3 Å². The molecule has 3 nitrogen and oxygen atoms in total. The van der Waals surface area contributed by atoms with Gasteiger partial charge in [0.1, 0.15) is 0 Å². The van der Waals surface area contributed by atoms with Crippen molar-refractivity contribution in [2.75, 3.05) is 13.2 Å². The van der Waals surface area contributed by atoms with Gasteiger partial charge in [0.25, 0.3) is 0 Å². The Morgan fingerprint density at radius 1 is 1.21 bits per heavy atom.